The van der Waals surface area contributed by atoms with Crippen LogP contribution in [-0.4, -0.2) is 0 Å². The van der Waals surface area contributed by atoms with Crippen LogP contribution in [0.5, 0.6) is 0 Å². The maximum absolute atomic E-state index is 4.57. The van der Waals surface area contributed by atoms with E-state index in [2.05, 4.69) is 59.6 Å². The van der Waals surface area contributed by atoms with Gasteiger partial charge in [-0.1, -0.05) is 73.9 Å². The van der Waals surface area contributed by atoms with E-state index in [1.165, 1.54) is 55.2 Å². The molecule has 28 heavy (non-hydrogen) atoms. The third-order valence-corrected chi connectivity index (χ3v) is 9.14. The van der Waals surface area contributed by atoms with Crippen LogP contribution in [0.3, 0.4) is 0 Å². The molecule has 0 radical (unpaired) electrons. The van der Waals surface area contributed by atoms with Gasteiger partial charge < -0.3 is 0 Å². The van der Waals surface area contributed by atoms with Crippen molar-refractivity contribution in [2.75, 3.05) is 0 Å². The van der Waals surface area contributed by atoms with E-state index in [9.17, 15) is 0 Å². The van der Waals surface area contributed by atoms with Crippen LogP contribution in [0.25, 0.3) is 0 Å². The minimum atomic E-state index is 0.292. The average molecular weight is 377 g/mol. The van der Waals surface area contributed by atoms with E-state index >= 15 is 0 Å². The molecule has 0 heterocycles. The van der Waals surface area contributed by atoms with Gasteiger partial charge in [-0.2, -0.15) is 0 Å². The molecule has 0 aromatic heterocycles. The molecule has 0 aromatic carbocycles. The molecular formula is C28H40. The van der Waals surface area contributed by atoms with Crippen LogP contribution in [0, 0.1) is 34.5 Å². The fourth-order valence-corrected chi connectivity index (χ4v) is 7.57. The van der Waals surface area contributed by atoms with E-state index < -0.39 is 0 Å². The normalized spacial score (nSPS) is 42.1. The predicted molar refractivity (Wildman–Crippen MR) is 122 cm³/mol. The summed E-state index contributed by atoms with van der Waals surface area (Å²) >= 11 is 0. The number of hydrogen-bond acceptors (Lipinski definition) is 0. The molecule has 0 nitrogen and oxygen atoms in total. The molecule has 2 saturated carbocycles. The van der Waals surface area contributed by atoms with Crippen molar-refractivity contribution >= 4 is 0 Å². The van der Waals surface area contributed by atoms with E-state index in [0.717, 1.165) is 24.7 Å². The topological polar surface area (TPSA) is 0 Å². The Morgan fingerprint density at radius 1 is 1.14 bits per heavy atom. The molecule has 152 valence electrons. The van der Waals surface area contributed by atoms with Crippen molar-refractivity contribution in [3.63, 3.8) is 0 Å². The molecule has 0 aromatic rings. The highest BCUT2D eigenvalue weighted by Crippen LogP contribution is 2.66. The first-order chi connectivity index (χ1) is 13.2. The largest absolute Gasteiger partial charge is 0.100 e. The molecule has 6 unspecified atom stereocenters. The third kappa shape index (κ3) is 2.94. The van der Waals surface area contributed by atoms with Gasteiger partial charge in [0.15, 0.2) is 0 Å². The van der Waals surface area contributed by atoms with Crippen molar-refractivity contribution in [1.29, 1.82) is 0 Å². The molecular weight excluding hydrogens is 336 g/mol. The van der Waals surface area contributed by atoms with Crippen LogP contribution in [0.4, 0.5) is 0 Å². The van der Waals surface area contributed by atoms with Crippen molar-refractivity contribution < 1.29 is 0 Å². The summed E-state index contributed by atoms with van der Waals surface area (Å²) in [7, 11) is 0. The molecule has 6 atom stereocenters. The highest BCUT2D eigenvalue weighted by atomic mass is 14.6. The minimum absolute atomic E-state index is 0.292. The monoisotopic (exact) mass is 376 g/mol. The molecule has 2 fully saturated rings. The fourth-order valence-electron chi connectivity index (χ4n) is 7.57. The second kappa shape index (κ2) is 6.89. The molecule has 0 spiro atoms. The van der Waals surface area contributed by atoms with Gasteiger partial charge in [0.25, 0.3) is 0 Å². The quantitative estimate of drug-likeness (QED) is 0.434. The Hall–Kier alpha value is -1.30. The van der Waals surface area contributed by atoms with Crippen molar-refractivity contribution in [2.45, 2.75) is 79.1 Å². The molecule has 0 N–H and O–H groups in total. The molecule has 0 saturated heterocycles. The van der Waals surface area contributed by atoms with Gasteiger partial charge in [0.2, 0.25) is 0 Å². The minimum Gasteiger partial charge on any atom is -0.100 e. The van der Waals surface area contributed by atoms with Crippen LogP contribution in [0.1, 0.15) is 79.1 Å². The zero-order valence-corrected chi connectivity index (χ0v) is 18.7. The summed E-state index contributed by atoms with van der Waals surface area (Å²) in [6.45, 7) is 22.7. The number of rotatable bonds is 4. The first kappa shape index (κ1) is 20.0. The zero-order chi connectivity index (χ0) is 20.3. The maximum atomic E-state index is 4.57. The lowest BCUT2D eigenvalue weighted by molar-refractivity contribution is 0.0851. The summed E-state index contributed by atoms with van der Waals surface area (Å²) in [5, 5.41) is 0. The molecule has 0 amide bonds. The number of hydrogen-bond donors (Lipinski definition) is 0. The Kier molecular flexibility index (Phi) is 4.92. The average Bonchev–Trinajstić information content (AvgIpc) is 2.99. The van der Waals surface area contributed by atoms with Gasteiger partial charge in [-0.25, -0.2) is 0 Å². The van der Waals surface area contributed by atoms with E-state index in [1.807, 2.05) is 0 Å². The smallest absolute Gasteiger partial charge is 0.0104 e. The molecule has 4 aliphatic rings. The third-order valence-electron chi connectivity index (χ3n) is 9.14. The lowest BCUT2D eigenvalue weighted by atomic mass is 9.49. The Balaban J connectivity index is 1.65. The van der Waals surface area contributed by atoms with Gasteiger partial charge >= 0.3 is 0 Å². The highest BCUT2D eigenvalue weighted by Gasteiger charge is 2.56. The predicted octanol–water partition coefficient (Wildman–Crippen LogP) is 8.20. The van der Waals surface area contributed by atoms with Gasteiger partial charge in [0, 0.05) is 5.41 Å². The van der Waals surface area contributed by atoms with Crippen molar-refractivity contribution in [3.05, 3.63) is 59.8 Å². The van der Waals surface area contributed by atoms with E-state index in [0.29, 0.717) is 22.7 Å². The Bertz CT molecular complexity index is 774. The van der Waals surface area contributed by atoms with Gasteiger partial charge in [-0.15, -0.1) is 6.58 Å². The first-order valence-corrected chi connectivity index (χ1v) is 11.6. The van der Waals surface area contributed by atoms with Gasteiger partial charge in [-0.05, 0) is 87.4 Å². The molecule has 0 aliphatic heterocycles. The van der Waals surface area contributed by atoms with Crippen molar-refractivity contribution in [2.24, 2.45) is 34.5 Å². The summed E-state index contributed by atoms with van der Waals surface area (Å²) in [6.07, 6.45) is 15.1. The summed E-state index contributed by atoms with van der Waals surface area (Å²) in [5.41, 5.74) is 8.30. The van der Waals surface area contributed by atoms with E-state index in [1.54, 1.807) is 11.1 Å². The molecule has 0 bridgehead atoms. The van der Waals surface area contributed by atoms with Crippen molar-refractivity contribution in [1.82, 2.24) is 0 Å². The van der Waals surface area contributed by atoms with Crippen LogP contribution in [0.2, 0.25) is 0 Å². The Morgan fingerprint density at radius 2 is 1.89 bits per heavy atom. The summed E-state index contributed by atoms with van der Waals surface area (Å²) < 4.78 is 0. The Morgan fingerprint density at radius 3 is 2.61 bits per heavy atom. The van der Waals surface area contributed by atoms with Crippen LogP contribution in [0.15, 0.2) is 59.8 Å². The van der Waals surface area contributed by atoms with Gasteiger partial charge in [0.05, 0.1) is 0 Å². The second-order valence-corrected chi connectivity index (χ2v) is 11.1. The molecule has 0 heteroatoms. The first-order valence-electron chi connectivity index (χ1n) is 11.6. The van der Waals surface area contributed by atoms with Crippen LogP contribution >= 0.6 is 0 Å². The van der Waals surface area contributed by atoms with Crippen LogP contribution in [-0.2, 0) is 0 Å². The number of fused-ring (bicyclic) bond motifs is 5. The fraction of sp³-hybridized carbons (Fsp3) is 0.643. The Labute approximate surface area is 173 Å². The lowest BCUT2D eigenvalue weighted by Gasteiger charge is -2.55. The molecule has 4 rings (SSSR count). The van der Waals surface area contributed by atoms with E-state index in [4.69, 9.17) is 0 Å². The zero-order valence-electron chi connectivity index (χ0n) is 18.7. The number of allylic oxidation sites excluding steroid dienone is 7. The van der Waals surface area contributed by atoms with E-state index in [-0.39, 0.29) is 0 Å². The van der Waals surface area contributed by atoms with Crippen molar-refractivity contribution in [3.8, 4) is 0 Å². The second-order valence-electron chi connectivity index (χ2n) is 11.1. The van der Waals surface area contributed by atoms with Gasteiger partial charge in [0.1, 0.15) is 0 Å². The summed E-state index contributed by atoms with van der Waals surface area (Å²) in [5.74, 6) is 3.00. The maximum Gasteiger partial charge on any atom is 0.0104 e. The SMILES string of the molecule is C=C(C)CCC(=C)C1CCC2C3CC(C)C4=CC(=C)CCC4(C)C3=CCC12C. The summed E-state index contributed by atoms with van der Waals surface area (Å²) in [6, 6.07) is 0. The highest BCUT2D eigenvalue weighted by molar-refractivity contribution is 5.44. The van der Waals surface area contributed by atoms with Crippen LogP contribution < -0.4 is 0 Å². The standard InChI is InChI=1S/C28H40/c1-18(2)8-9-20(4)23-10-11-24-22-17-21(5)26-16-19(3)12-14-28(26,7)25(22)13-15-27(23,24)6/h13,16,21-24H,1,3-4,8-12,14-15,17H2,2,5-7H3. The van der Waals surface area contributed by atoms with Gasteiger partial charge in [-0.3, -0.25) is 0 Å². The molecule has 4 aliphatic carbocycles. The summed E-state index contributed by atoms with van der Waals surface area (Å²) in [4.78, 5) is 0. The lowest BCUT2D eigenvalue weighted by Crippen LogP contribution is -2.46.